The summed E-state index contributed by atoms with van der Waals surface area (Å²) in [5.74, 6) is -1.08. The van der Waals surface area contributed by atoms with Gasteiger partial charge in [-0.2, -0.15) is 5.10 Å². The monoisotopic (exact) mass is 281 g/mol. The summed E-state index contributed by atoms with van der Waals surface area (Å²) in [5.41, 5.74) is 1.18. The van der Waals surface area contributed by atoms with Crippen molar-refractivity contribution in [2.75, 3.05) is 0 Å². The van der Waals surface area contributed by atoms with E-state index in [1.807, 2.05) is 0 Å². The van der Waals surface area contributed by atoms with Crippen molar-refractivity contribution in [3.8, 4) is 0 Å². The van der Waals surface area contributed by atoms with Gasteiger partial charge in [0.25, 0.3) is 5.56 Å². The largest absolute Gasteiger partial charge is 0.478 e. The Morgan fingerprint density at radius 2 is 2.16 bits per heavy atom. The zero-order valence-electron chi connectivity index (χ0n) is 10.4. The average Bonchev–Trinajstić information content (AvgIpc) is 2.58. The van der Waals surface area contributed by atoms with Crippen LogP contribution in [0.4, 0.5) is 0 Å². The van der Waals surface area contributed by atoms with Crippen LogP contribution in [0.15, 0.2) is 23.1 Å². The number of carboxylic acid groups (broad SMARTS) is 1. The molecule has 2 aromatic heterocycles. The molecule has 0 radical (unpaired) electrons. The maximum absolute atomic E-state index is 11.7. The summed E-state index contributed by atoms with van der Waals surface area (Å²) in [5, 5.41) is 13.5. The minimum atomic E-state index is -1.08. The van der Waals surface area contributed by atoms with E-state index in [0.29, 0.717) is 16.4 Å². The van der Waals surface area contributed by atoms with Gasteiger partial charge in [-0.25, -0.2) is 4.79 Å². The highest BCUT2D eigenvalue weighted by atomic mass is 35.5. The number of rotatable bonds is 3. The Bertz CT molecular complexity index is 703. The minimum absolute atomic E-state index is 0.0530. The van der Waals surface area contributed by atoms with Crippen LogP contribution >= 0.6 is 11.6 Å². The molecular formula is C12H12ClN3O3. The van der Waals surface area contributed by atoms with Crippen molar-refractivity contribution in [3.63, 3.8) is 0 Å². The maximum Gasteiger partial charge on any atom is 0.337 e. The number of nitrogens with zero attached hydrogens (tertiary/aromatic N) is 3. The number of carboxylic acids is 1. The van der Waals surface area contributed by atoms with E-state index in [-0.39, 0.29) is 17.7 Å². The first-order valence-electron chi connectivity index (χ1n) is 5.52. The summed E-state index contributed by atoms with van der Waals surface area (Å²) in [6.45, 7) is 1.98. The highest BCUT2D eigenvalue weighted by molar-refractivity contribution is 6.30. The lowest BCUT2D eigenvalue weighted by molar-refractivity contribution is 0.0696. The summed E-state index contributed by atoms with van der Waals surface area (Å²) in [6, 6.07) is 2.50. The molecule has 0 saturated heterocycles. The normalized spacial score (nSPS) is 10.7. The van der Waals surface area contributed by atoms with Crippen LogP contribution in [0.25, 0.3) is 0 Å². The van der Waals surface area contributed by atoms with Gasteiger partial charge in [-0.1, -0.05) is 11.6 Å². The molecule has 7 heteroatoms. The lowest BCUT2D eigenvalue weighted by Gasteiger charge is -2.06. The van der Waals surface area contributed by atoms with Crippen LogP contribution < -0.4 is 5.56 Å². The first kappa shape index (κ1) is 13.4. The van der Waals surface area contributed by atoms with Crippen molar-refractivity contribution in [2.24, 2.45) is 7.05 Å². The molecule has 0 unspecified atom stereocenters. The highest BCUT2D eigenvalue weighted by Gasteiger charge is 2.13. The molecule has 2 aromatic rings. The molecule has 2 rings (SSSR count). The van der Waals surface area contributed by atoms with Crippen LogP contribution in [-0.4, -0.2) is 25.4 Å². The third-order valence-electron chi connectivity index (χ3n) is 2.83. The molecule has 19 heavy (non-hydrogen) atoms. The average molecular weight is 282 g/mol. The molecule has 0 aliphatic carbocycles. The van der Waals surface area contributed by atoms with Gasteiger partial charge in [-0.3, -0.25) is 9.48 Å². The third kappa shape index (κ3) is 2.53. The van der Waals surface area contributed by atoms with Crippen molar-refractivity contribution in [1.29, 1.82) is 0 Å². The second-order valence-electron chi connectivity index (χ2n) is 4.17. The third-order valence-corrected chi connectivity index (χ3v) is 3.30. The molecule has 0 atom stereocenters. The molecule has 0 fully saturated rings. The van der Waals surface area contributed by atoms with Crippen LogP contribution in [0.3, 0.4) is 0 Å². The molecule has 0 saturated carbocycles. The van der Waals surface area contributed by atoms with E-state index in [0.717, 1.165) is 0 Å². The number of aryl methyl sites for hydroxylation is 2. The van der Waals surface area contributed by atoms with E-state index >= 15 is 0 Å². The molecule has 2 heterocycles. The zero-order valence-corrected chi connectivity index (χ0v) is 11.2. The van der Waals surface area contributed by atoms with Gasteiger partial charge in [0.2, 0.25) is 0 Å². The Morgan fingerprint density at radius 1 is 1.47 bits per heavy atom. The minimum Gasteiger partial charge on any atom is -0.478 e. The van der Waals surface area contributed by atoms with Crippen LogP contribution in [-0.2, 0) is 13.6 Å². The number of aromatic nitrogens is 3. The second-order valence-corrected chi connectivity index (χ2v) is 4.53. The molecular weight excluding hydrogens is 270 g/mol. The van der Waals surface area contributed by atoms with Gasteiger partial charge in [-0.15, -0.1) is 0 Å². The first-order valence-corrected chi connectivity index (χ1v) is 5.89. The van der Waals surface area contributed by atoms with Gasteiger partial charge in [-0.05, 0) is 13.0 Å². The predicted molar refractivity (Wildman–Crippen MR) is 69.7 cm³/mol. The second kappa shape index (κ2) is 4.89. The van der Waals surface area contributed by atoms with Gasteiger partial charge >= 0.3 is 5.97 Å². The van der Waals surface area contributed by atoms with Crippen molar-refractivity contribution >= 4 is 17.6 Å². The van der Waals surface area contributed by atoms with E-state index in [2.05, 4.69) is 5.10 Å². The van der Waals surface area contributed by atoms with Crippen LogP contribution in [0, 0.1) is 6.92 Å². The fourth-order valence-corrected chi connectivity index (χ4v) is 2.04. The summed E-state index contributed by atoms with van der Waals surface area (Å²) in [4.78, 5) is 22.6. The Balaban J connectivity index is 2.46. The lowest BCUT2D eigenvalue weighted by atomic mass is 10.2. The fourth-order valence-electron chi connectivity index (χ4n) is 1.81. The summed E-state index contributed by atoms with van der Waals surface area (Å²) >= 11 is 6.09. The van der Waals surface area contributed by atoms with Crippen LogP contribution in [0.2, 0.25) is 5.15 Å². The van der Waals surface area contributed by atoms with Crippen LogP contribution in [0.5, 0.6) is 0 Å². The topological polar surface area (TPSA) is 77.1 Å². The van der Waals surface area contributed by atoms with Gasteiger partial charge in [0.05, 0.1) is 17.8 Å². The Kier molecular flexibility index (Phi) is 3.44. The van der Waals surface area contributed by atoms with E-state index in [9.17, 15) is 9.59 Å². The fraction of sp³-hybridized carbons (Fsp3) is 0.250. The van der Waals surface area contributed by atoms with E-state index in [1.54, 1.807) is 14.0 Å². The number of hydrogen-bond donors (Lipinski definition) is 1. The van der Waals surface area contributed by atoms with Crippen molar-refractivity contribution in [3.05, 3.63) is 50.7 Å². The number of carbonyl (C=O) groups is 1. The van der Waals surface area contributed by atoms with Gasteiger partial charge in [0.15, 0.2) is 0 Å². The molecule has 0 amide bonds. The van der Waals surface area contributed by atoms with Crippen molar-refractivity contribution in [1.82, 2.24) is 14.3 Å². The van der Waals surface area contributed by atoms with Gasteiger partial charge in [0.1, 0.15) is 5.15 Å². The summed E-state index contributed by atoms with van der Waals surface area (Å²) in [7, 11) is 1.70. The van der Waals surface area contributed by atoms with E-state index < -0.39 is 5.97 Å². The molecule has 0 spiro atoms. The summed E-state index contributed by atoms with van der Waals surface area (Å²) in [6.07, 6.45) is 1.30. The van der Waals surface area contributed by atoms with Crippen LogP contribution in [0.1, 0.15) is 21.6 Å². The predicted octanol–water partition coefficient (Wildman–Crippen LogP) is 1.29. The first-order chi connectivity index (χ1) is 8.90. The molecule has 0 aromatic carbocycles. The number of pyridine rings is 1. The number of hydrogen-bond acceptors (Lipinski definition) is 3. The Labute approximate surface area is 113 Å². The Hall–Kier alpha value is -2.08. The molecule has 0 aliphatic rings. The lowest BCUT2D eigenvalue weighted by Crippen LogP contribution is -2.21. The molecule has 6 nitrogen and oxygen atoms in total. The van der Waals surface area contributed by atoms with E-state index in [1.165, 1.54) is 27.6 Å². The van der Waals surface area contributed by atoms with Gasteiger partial charge in [0, 0.05) is 24.9 Å². The summed E-state index contributed by atoms with van der Waals surface area (Å²) < 4.78 is 2.82. The number of halogens is 1. The molecule has 1 N–H and O–H groups in total. The SMILES string of the molecule is Cc1nn(C)c(Cl)c1Cn1cc(C(=O)O)ccc1=O. The van der Waals surface area contributed by atoms with Crippen molar-refractivity contribution in [2.45, 2.75) is 13.5 Å². The maximum atomic E-state index is 11.7. The molecule has 0 aliphatic heterocycles. The highest BCUT2D eigenvalue weighted by Crippen LogP contribution is 2.19. The smallest absolute Gasteiger partial charge is 0.337 e. The molecule has 100 valence electrons. The van der Waals surface area contributed by atoms with E-state index in [4.69, 9.17) is 16.7 Å². The van der Waals surface area contributed by atoms with Crippen molar-refractivity contribution < 1.29 is 9.90 Å². The standard InChI is InChI=1S/C12H12ClN3O3/c1-7-9(11(13)15(2)14-7)6-16-5-8(12(18)19)3-4-10(16)17/h3-5H,6H2,1-2H3,(H,18,19). The quantitative estimate of drug-likeness (QED) is 0.920. The molecule has 0 bridgehead atoms. The van der Waals surface area contributed by atoms with Gasteiger partial charge < -0.3 is 9.67 Å². The zero-order chi connectivity index (χ0) is 14.2. The number of aromatic carboxylic acids is 1. The Morgan fingerprint density at radius 3 is 2.68 bits per heavy atom.